The van der Waals surface area contributed by atoms with Crippen molar-refractivity contribution in [3.05, 3.63) is 17.3 Å². The third kappa shape index (κ3) is 3.12. The van der Waals surface area contributed by atoms with E-state index in [4.69, 9.17) is 11.6 Å². The fourth-order valence-electron chi connectivity index (χ4n) is 1.90. The van der Waals surface area contributed by atoms with Gasteiger partial charge in [0.2, 0.25) is 0 Å². The van der Waals surface area contributed by atoms with Crippen molar-refractivity contribution in [2.75, 3.05) is 11.9 Å². The molecule has 0 bridgehead atoms. The smallest absolute Gasteiger partial charge is 0.147 e. The van der Waals surface area contributed by atoms with E-state index in [0.717, 1.165) is 29.0 Å². The van der Waals surface area contributed by atoms with E-state index in [1.54, 1.807) is 17.7 Å². The number of nitrogens with one attached hydrogen (secondary N) is 1. The molecular formula is C13H18ClN3S. The molecule has 0 amide bonds. The third-order valence-corrected chi connectivity index (χ3v) is 4.18. The molecule has 0 aliphatic carbocycles. The van der Waals surface area contributed by atoms with Gasteiger partial charge in [-0.2, -0.15) is 0 Å². The van der Waals surface area contributed by atoms with Crippen LogP contribution in [-0.4, -0.2) is 21.9 Å². The molecule has 0 aliphatic rings. The average Bonchev–Trinajstić information content (AvgIpc) is 2.68. The summed E-state index contributed by atoms with van der Waals surface area (Å²) in [7, 11) is 0. The quantitative estimate of drug-likeness (QED) is 0.841. The van der Waals surface area contributed by atoms with E-state index in [9.17, 15) is 0 Å². The molecule has 2 aromatic heterocycles. The normalized spacial score (nSPS) is 13.2. The van der Waals surface area contributed by atoms with Gasteiger partial charge in [0.15, 0.2) is 0 Å². The van der Waals surface area contributed by atoms with E-state index >= 15 is 0 Å². The number of nitrogens with zero attached hydrogens (tertiary/aromatic N) is 2. The molecule has 1 atom stereocenters. The van der Waals surface area contributed by atoms with Crippen molar-refractivity contribution in [3.63, 3.8) is 0 Å². The van der Waals surface area contributed by atoms with E-state index in [1.165, 1.54) is 5.56 Å². The standard InChI is InChI=1S/C13H18ClN3S/c1-8(2)4-10(14)5-15-13-12-11(16-7-17-13)9(3)6-18-12/h6-8,10H,4-5H2,1-3H3,(H,15,16,17). The Hall–Kier alpha value is -0.870. The van der Waals surface area contributed by atoms with Gasteiger partial charge in [-0.25, -0.2) is 9.97 Å². The molecule has 0 saturated carbocycles. The highest BCUT2D eigenvalue weighted by atomic mass is 35.5. The Labute approximate surface area is 117 Å². The van der Waals surface area contributed by atoms with Crippen molar-refractivity contribution in [1.82, 2.24) is 9.97 Å². The summed E-state index contributed by atoms with van der Waals surface area (Å²) in [5.74, 6) is 1.51. The van der Waals surface area contributed by atoms with E-state index < -0.39 is 0 Å². The van der Waals surface area contributed by atoms with Crippen molar-refractivity contribution >= 4 is 39.0 Å². The van der Waals surface area contributed by atoms with Crippen molar-refractivity contribution in [1.29, 1.82) is 0 Å². The van der Waals surface area contributed by atoms with E-state index in [0.29, 0.717) is 5.92 Å². The first-order chi connectivity index (χ1) is 8.58. The van der Waals surface area contributed by atoms with Crippen LogP contribution >= 0.6 is 22.9 Å². The Balaban J connectivity index is 2.08. The van der Waals surface area contributed by atoms with Gasteiger partial charge in [-0.3, -0.25) is 0 Å². The van der Waals surface area contributed by atoms with Gasteiger partial charge in [-0.1, -0.05) is 13.8 Å². The number of rotatable bonds is 5. The van der Waals surface area contributed by atoms with Gasteiger partial charge in [0.25, 0.3) is 0 Å². The predicted octanol–water partition coefficient (Wildman–Crippen LogP) is 4.07. The highest BCUT2D eigenvalue weighted by molar-refractivity contribution is 7.18. The topological polar surface area (TPSA) is 37.8 Å². The zero-order chi connectivity index (χ0) is 13.1. The first-order valence-corrected chi connectivity index (χ1v) is 7.46. The van der Waals surface area contributed by atoms with Crippen LogP contribution in [0.25, 0.3) is 10.2 Å². The summed E-state index contributed by atoms with van der Waals surface area (Å²) in [5.41, 5.74) is 2.23. The zero-order valence-corrected chi connectivity index (χ0v) is 12.5. The fourth-order valence-corrected chi connectivity index (χ4v) is 3.30. The lowest BCUT2D eigenvalue weighted by molar-refractivity contribution is 0.572. The molecule has 0 aromatic carbocycles. The lowest BCUT2D eigenvalue weighted by atomic mass is 10.1. The van der Waals surface area contributed by atoms with Gasteiger partial charge in [0.1, 0.15) is 12.1 Å². The molecule has 3 nitrogen and oxygen atoms in total. The van der Waals surface area contributed by atoms with Crippen molar-refractivity contribution in [2.24, 2.45) is 5.92 Å². The van der Waals surface area contributed by atoms with Crippen LogP contribution in [0.15, 0.2) is 11.7 Å². The second-order valence-electron chi connectivity index (χ2n) is 4.93. The number of aryl methyl sites for hydroxylation is 1. The Morgan fingerprint density at radius 1 is 1.39 bits per heavy atom. The molecule has 2 aromatic rings. The molecule has 5 heteroatoms. The highest BCUT2D eigenvalue weighted by Gasteiger charge is 2.11. The van der Waals surface area contributed by atoms with E-state index in [1.807, 2.05) is 0 Å². The van der Waals surface area contributed by atoms with Crippen molar-refractivity contribution < 1.29 is 0 Å². The van der Waals surface area contributed by atoms with Crippen LogP contribution in [0.5, 0.6) is 0 Å². The number of hydrogen-bond donors (Lipinski definition) is 1. The predicted molar refractivity (Wildman–Crippen MR) is 79.7 cm³/mol. The van der Waals surface area contributed by atoms with Gasteiger partial charge >= 0.3 is 0 Å². The largest absolute Gasteiger partial charge is 0.367 e. The van der Waals surface area contributed by atoms with Crippen LogP contribution in [0, 0.1) is 12.8 Å². The molecule has 0 spiro atoms. The van der Waals surface area contributed by atoms with Gasteiger partial charge in [0.05, 0.1) is 15.6 Å². The van der Waals surface area contributed by atoms with Gasteiger partial charge < -0.3 is 5.32 Å². The Kier molecular flexibility index (Phi) is 4.40. The second-order valence-corrected chi connectivity index (χ2v) is 6.42. The maximum absolute atomic E-state index is 6.28. The molecule has 98 valence electrons. The second kappa shape index (κ2) is 5.85. The lowest BCUT2D eigenvalue weighted by Crippen LogP contribution is -2.16. The Morgan fingerprint density at radius 2 is 2.17 bits per heavy atom. The molecule has 18 heavy (non-hydrogen) atoms. The van der Waals surface area contributed by atoms with Gasteiger partial charge in [0, 0.05) is 6.54 Å². The van der Waals surface area contributed by atoms with Crippen LogP contribution in [0.4, 0.5) is 5.82 Å². The van der Waals surface area contributed by atoms with Crippen LogP contribution in [0.1, 0.15) is 25.8 Å². The molecular weight excluding hydrogens is 266 g/mol. The third-order valence-electron chi connectivity index (χ3n) is 2.75. The number of hydrogen-bond acceptors (Lipinski definition) is 4. The van der Waals surface area contributed by atoms with E-state index in [2.05, 4.69) is 41.4 Å². The molecule has 0 radical (unpaired) electrons. The summed E-state index contributed by atoms with van der Waals surface area (Å²) in [5, 5.41) is 5.58. The molecule has 1 unspecified atom stereocenters. The molecule has 0 fully saturated rings. The van der Waals surface area contributed by atoms with Crippen LogP contribution in [0.3, 0.4) is 0 Å². The van der Waals surface area contributed by atoms with Gasteiger partial charge in [-0.15, -0.1) is 22.9 Å². The SMILES string of the molecule is Cc1csc2c(NCC(Cl)CC(C)C)ncnc12. The maximum Gasteiger partial charge on any atom is 0.147 e. The number of fused-ring (bicyclic) bond motifs is 1. The molecule has 2 heterocycles. The maximum atomic E-state index is 6.28. The summed E-state index contributed by atoms with van der Waals surface area (Å²) < 4.78 is 1.11. The average molecular weight is 284 g/mol. The van der Waals surface area contributed by atoms with Crippen molar-refractivity contribution in [3.8, 4) is 0 Å². The summed E-state index contributed by atoms with van der Waals surface area (Å²) in [4.78, 5) is 8.60. The number of thiophene rings is 1. The van der Waals surface area contributed by atoms with E-state index in [-0.39, 0.29) is 5.38 Å². The molecule has 0 aliphatic heterocycles. The summed E-state index contributed by atoms with van der Waals surface area (Å²) in [6.45, 7) is 7.17. The first kappa shape index (κ1) is 13.6. The Bertz CT molecular complexity index is 524. The number of anilines is 1. The van der Waals surface area contributed by atoms with Crippen LogP contribution in [0.2, 0.25) is 0 Å². The molecule has 1 N–H and O–H groups in total. The van der Waals surface area contributed by atoms with Gasteiger partial charge in [-0.05, 0) is 30.2 Å². The number of alkyl halides is 1. The minimum absolute atomic E-state index is 0.135. The minimum atomic E-state index is 0.135. The molecule has 2 rings (SSSR count). The van der Waals surface area contributed by atoms with Crippen LogP contribution in [-0.2, 0) is 0 Å². The highest BCUT2D eigenvalue weighted by Crippen LogP contribution is 2.28. The number of halogens is 1. The number of aromatic nitrogens is 2. The lowest BCUT2D eigenvalue weighted by Gasteiger charge is -2.13. The summed E-state index contributed by atoms with van der Waals surface area (Å²) in [6, 6.07) is 0. The summed E-state index contributed by atoms with van der Waals surface area (Å²) >= 11 is 7.96. The molecule has 0 saturated heterocycles. The first-order valence-electron chi connectivity index (χ1n) is 6.14. The monoisotopic (exact) mass is 283 g/mol. The fraction of sp³-hybridized carbons (Fsp3) is 0.538. The van der Waals surface area contributed by atoms with Crippen LogP contribution < -0.4 is 5.32 Å². The summed E-state index contributed by atoms with van der Waals surface area (Å²) in [6.07, 6.45) is 2.61. The zero-order valence-electron chi connectivity index (χ0n) is 10.9. The Morgan fingerprint density at radius 3 is 2.89 bits per heavy atom. The minimum Gasteiger partial charge on any atom is -0.367 e. The van der Waals surface area contributed by atoms with Crippen molar-refractivity contribution in [2.45, 2.75) is 32.6 Å².